The molecular formula is C29H34ClN3O3. The molecule has 1 saturated heterocycles. The molecule has 1 amide bonds. The number of piperidine rings is 1. The van der Waals surface area contributed by atoms with Gasteiger partial charge in [0.25, 0.3) is 0 Å². The Morgan fingerprint density at radius 2 is 1.94 bits per heavy atom. The minimum absolute atomic E-state index is 0.0389. The summed E-state index contributed by atoms with van der Waals surface area (Å²) < 4.78 is 7.80. The van der Waals surface area contributed by atoms with Crippen LogP contribution in [0.25, 0.3) is 10.9 Å². The van der Waals surface area contributed by atoms with Crippen LogP contribution in [-0.4, -0.2) is 58.7 Å². The van der Waals surface area contributed by atoms with Crippen LogP contribution in [0.4, 0.5) is 0 Å². The molecule has 1 N–H and O–H groups in total. The van der Waals surface area contributed by atoms with E-state index < -0.39 is 0 Å². The van der Waals surface area contributed by atoms with Gasteiger partial charge in [0.1, 0.15) is 5.75 Å². The van der Waals surface area contributed by atoms with Crippen LogP contribution >= 0.6 is 11.6 Å². The molecule has 2 aliphatic heterocycles. The highest BCUT2D eigenvalue weighted by Gasteiger charge is 2.49. The van der Waals surface area contributed by atoms with Gasteiger partial charge in [0.2, 0.25) is 5.91 Å². The number of benzene rings is 2. The summed E-state index contributed by atoms with van der Waals surface area (Å²) in [7, 11) is 3.80. The molecule has 1 saturated carbocycles. The quantitative estimate of drug-likeness (QED) is 0.545. The Morgan fingerprint density at radius 1 is 1.17 bits per heavy atom. The van der Waals surface area contributed by atoms with Crippen molar-refractivity contribution in [1.29, 1.82) is 0 Å². The van der Waals surface area contributed by atoms with Crippen LogP contribution in [0.5, 0.6) is 5.75 Å². The molecule has 1 aromatic heterocycles. The van der Waals surface area contributed by atoms with E-state index in [1.165, 1.54) is 16.6 Å². The van der Waals surface area contributed by atoms with Crippen molar-refractivity contribution in [2.24, 2.45) is 13.0 Å². The molecule has 3 aliphatic rings. The number of amides is 1. The summed E-state index contributed by atoms with van der Waals surface area (Å²) in [6.45, 7) is 3.17. The Morgan fingerprint density at radius 3 is 2.61 bits per heavy atom. The molecule has 1 spiro atoms. The number of aryl methyl sites for hydroxylation is 1. The second-order valence-corrected chi connectivity index (χ2v) is 11.3. The summed E-state index contributed by atoms with van der Waals surface area (Å²) in [5, 5.41) is 12.7. The summed E-state index contributed by atoms with van der Waals surface area (Å²) in [4.78, 5) is 17.4. The molecule has 6 nitrogen and oxygen atoms in total. The zero-order valence-electron chi connectivity index (χ0n) is 21.0. The predicted octanol–water partition coefficient (Wildman–Crippen LogP) is 4.66. The number of ether oxygens (including phenoxy) is 1. The summed E-state index contributed by atoms with van der Waals surface area (Å²) in [6.07, 6.45) is 3.93. The molecule has 7 heteroatoms. The number of carbonyl (C=O) groups is 1. The second kappa shape index (κ2) is 9.09. The lowest BCUT2D eigenvalue weighted by Gasteiger charge is -2.50. The molecule has 0 radical (unpaired) electrons. The number of aliphatic hydroxyl groups is 1. The SMILES string of the molecule is COc1ccc2c3c(n(C)c2c1)[C@@H](CO)N(Cc1cccc(Cl)c1)CC31CCN(C(=O)C2CC2)CC1. The largest absolute Gasteiger partial charge is 0.497 e. The molecule has 6 rings (SSSR count). The summed E-state index contributed by atoms with van der Waals surface area (Å²) in [5.41, 5.74) is 4.70. The van der Waals surface area contributed by atoms with E-state index in [1.807, 2.05) is 24.3 Å². The smallest absolute Gasteiger partial charge is 0.225 e. The summed E-state index contributed by atoms with van der Waals surface area (Å²) in [6, 6.07) is 14.2. The Kier molecular flexibility index (Phi) is 6.02. The minimum atomic E-state index is -0.126. The fourth-order valence-electron chi connectivity index (χ4n) is 6.65. The van der Waals surface area contributed by atoms with Gasteiger partial charge in [-0.25, -0.2) is 0 Å². The molecule has 3 aromatic rings. The number of nitrogens with zero attached hydrogens (tertiary/aromatic N) is 3. The van der Waals surface area contributed by atoms with Crippen LogP contribution in [0.15, 0.2) is 42.5 Å². The molecule has 3 heterocycles. The van der Waals surface area contributed by atoms with E-state index in [0.29, 0.717) is 12.5 Å². The van der Waals surface area contributed by atoms with Crippen molar-refractivity contribution in [1.82, 2.24) is 14.4 Å². The van der Waals surface area contributed by atoms with Crippen molar-refractivity contribution in [3.05, 3.63) is 64.3 Å². The van der Waals surface area contributed by atoms with Crippen LogP contribution in [0.2, 0.25) is 5.02 Å². The molecule has 1 aliphatic carbocycles. The number of aliphatic hydroxyl groups excluding tert-OH is 1. The van der Waals surface area contributed by atoms with E-state index in [4.69, 9.17) is 16.3 Å². The third kappa shape index (κ3) is 3.90. The number of carbonyl (C=O) groups excluding carboxylic acids is 1. The molecule has 2 fully saturated rings. The van der Waals surface area contributed by atoms with Gasteiger partial charge >= 0.3 is 0 Å². The zero-order chi connectivity index (χ0) is 25.0. The first kappa shape index (κ1) is 23.8. The summed E-state index contributed by atoms with van der Waals surface area (Å²) in [5.74, 6) is 1.42. The third-order valence-electron chi connectivity index (χ3n) is 8.65. The van der Waals surface area contributed by atoms with Gasteiger partial charge in [-0.1, -0.05) is 23.7 Å². The number of rotatable bonds is 5. The third-order valence-corrected chi connectivity index (χ3v) is 8.89. The van der Waals surface area contributed by atoms with Crippen LogP contribution in [-0.2, 0) is 23.8 Å². The fraction of sp³-hybridized carbons (Fsp3) is 0.483. The first-order chi connectivity index (χ1) is 17.4. The lowest BCUT2D eigenvalue weighted by molar-refractivity contribution is -0.134. The van der Waals surface area contributed by atoms with Crippen LogP contribution in [0.3, 0.4) is 0 Å². The highest BCUT2D eigenvalue weighted by molar-refractivity contribution is 6.30. The molecule has 190 valence electrons. The van der Waals surface area contributed by atoms with Crippen LogP contribution < -0.4 is 4.74 Å². The second-order valence-electron chi connectivity index (χ2n) is 10.8. The average Bonchev–Trinajstić information content (AvgIpc) is 3.69. The molecule has 0 unspecified atom stereocenters. The molecule has 1 atom stereocenters. The van der Waals surface area contributed by atoms with Crippen molar-refractivity contribution in [2.45, 2.75) is 43.7 Å². The first-order valence-corrected chi connectivity index (χ1v) is 13.4. The van der Waals surface area contributed by atoms with Crippen molar-refractivity contribution in [2.75, 3.05) is 33.4 Å². The van der Waals surface area contributed by atoms with Crippen molar-refractivity contribution >= 4 is 28.4 Å². The maximum atomic E-state index is 12.9. The van der Waals surface area contributed by atoms with Crippen LogP contribution in [0.1, 0.15) is 48.5 Å². The normalized spacial score (nSPS) is 21.7. The van der Waals surface area contributed by atoms with E-state index in [2.05, 4.69) is 39.6 Å². The maximum Gasteiger partial charge on any atom is 0.225 e. The topological polar surface area (TPSA) is 57.9 Å². The number of hydrogen-bond donors (Lipinski definition) is 1. The number of fused-ring (bicyclic) bond motifs is 4. The van der Waals surface area contributed by atoms with E-state index in [9.17, 15) is 9.90 Å². The number of hydrogen-bond acceptors (Lipinski definition) is 4. The predicted molar refractivity (Wildman–Crippen MR) is 141 cm³/mol. The lowest BCUT2D eigenvalue weighted by atomic mass is 9.68. The maximum absolute atomic E-state index is 12.9. The van der Waals surface area contributed by atoms with E-state index in [1.54, 1.807) is 7.11 Å². The highest BCUT2D eigenvalue weighted by Crippen LogP contribution is 2.50. The van der Waals surface area contributed by atoms with Gasteiger partial charge in [-0.15, -0.1) is 0 Å². The number of methoxy groups -OCH3 is 1. The van der Waals surface area contributed by atoms with E-state index in [0.717, 1.165) is 67.2 Å². The zero-order valence-corrected chi connectivity index (χ0v) is 21.8. The average molecular weight is 508 g/mol. The number of aromatic nitrogens is 1. The Balaban J connectivity index is 1.45. The minimum Gasteiger partial charge on any atom is -0.497 e. The molecule has 0 bridgehead atoms. The lowest BCUT2D eigenvalue weighted by Crippen LogP contribution is -2.54. The number of halogens is 1. The van der Waals surface area contributed by atoms with Gasteiger partial charge in [0, 0.05) is 66.7 Å². The van der Waals surface area contributed by atoms with Gasteiger partial charge in [0.05, 0.1) is 25.3 Å². The standard InChI is InChI=1S/C29H34ClN3O3/c1-31-24-15-22(36-2)8-9-23(24)26-27(31)25(17-34)33(16-19-4-3-5-21(30)14-19)18-29(26)10-12-32(13-11-29)28(35)20-6-7-20/h3-5,8-9,14-15,20,25,34H,6-7,10-13,16-18H2,1-2H3/t25-/m1/s1. The van der Waals surface area contributed by atoms with Gasteiger partial charge in [0.15, 0.2) is 0 Å². The van der Waals surface area contributed by atoms with Crippen molar-refractivity contribution in [3.8, 4) is 5.75 Å². The Bertz CT molecular complexity index is 1310. The van der Waals surface area contributed by atoms with Crippen LogP contribution in [0, 0.1) is 5.92 Å². The Hall–Kier alpha value is -2.54. The van der Waals surface area contributed by atoms with Crippen molar-refractivity contribution < 1.29 is 14.6 Å². The molecule has 2 aromatic carbocycles. The highest BCUT2D eigenvalue weighted by atomic mass is 35.5. The van der Waals surface area contributed by atoms with Gasteiger partial charge in [-0.2, -0.15) is 0 Å². The molecular weight excluding hydrogens is 474 g/mol. The first-order valence-electron chi connectivity index (χ1n) is 13.0. The van der Waals surface area contributed by atoms with Gasteiger partial charge < -0.3 is 19.3 Å². The van der Waals surface area contributed by atoms with E-state index in [-0.39, 0.29) is 24.0 Å². The number of likely N-dealkylation sites (tertiary alicyclic amines) is 1. The molecule has 36 heavy (non-hydrogen) atoms. The van der Waals surface area contributed by atoms with Gasteiger partial charge in [-0.3, -0.25) is 9.69 Å². The van der Waals surface area contributed by atoms with E-state index >= 15 is 0 Å². The van der Waals surface area contributed by atoms with Crippen molar-refractivity contribution in [3.63, 3.8) is 0 Å². The fourth-order valence-corrected chi connectivity index (χ4v) is 6.86. The van der Waals surface area contributed by atoms with Gasteiger partial charge in [-0.05, 0) is 61.1 Å². The summed E-state index contributed by atoms with van der Waals surface area (Å²) >= 11 is 6.32. The monoisotopic (exact) mass is 507 g/mol. The Labute approximate surface area is 217 Å².